The molecule has 0 saturated carbocycles. The Morgan fingerprint density at radius 2 is 1.89 bits per heavy atom. The number of nitrogens with zero attached hydrogens (tertiary/aromatic N) is 4. The highest BCUT2D eigenvalue weighted by molar-refractivity contribution is 5.92. The maximum Gasteiger partial charge on any atom is 0.269 e. The lowest BCUT2D eigenvalue weighted by atomic mass is 10.2. The summed E-state index contributed by atoms with van der Waals surface area (Å²) in [7, 11) is 0. The summed E-state index contributed by atoms with van der Waals surface area (Å²) < 4.78 is 3.78. The maximum atomic E-state index is 12.4. The van der Waals surface area contributed by atoms with Crippen LogP contribution in [-0.2, 0) is 13.1 Å². The van der Waals surface area contributed by atoms with Gasteiger partial charge in [-0.1, -0.05) is 24.3 Å². The number of aromatic nitrogens is 4. The predicted octanol–water partition coefficient (Wildman–Crippen LogP) is 3.48. The number of carbonyl (C=O) groups excluding carboxylic acids is 1. The number of benzene rings is 2. The van der Waals surface area contributed by atoms with E-state index >= 15 is 0 Å². The second-order valence-corrected chi connectivity index (χ2v) is 6.44. The van der Waals surface area contributed by atoms with Crippen molar-refractivity contribution in [1.29, 1.82) is 0 Å². The van der Waals surface area contributed by atoms with Gasteiger partial charge in [0.2, 0.25) is 0 Å². The minimum Gasteiger partial charge on any atom is -0.347 e. The molecule has 0 radical (unpaired) electrons. The molecule has 6 heteroatoms. The van der Waals surface area contributed by atoms with E-state index in [9.17, 15) is 4.79 Å². The summed E-state index contributed by atoms with van der Waals surface area (Å²) in [6, 6.07) is 18.0. The molecule has 4 aromatic rings. The molecule has 0 aliphatic rings. The van der Waals surface area contributed by atoms with Crippen molar-refractivity contribution in [2.24, 2.45) is 0 Å². The first-order valence-electron chi connectivity index (χ1n) is 9.00. The molecular weight excluding hydrogens is 338 g/mol. The molecule has 0 fully saturated rings. The average molecular weight is 359 g/mol. The lowest BCUT2D eigenvalue weighted by Gasteiger charge is -2.08. The van der Waals surface area contributed by atoms with Gasteiger partial charge in [-0.25, -0.2) is 4.98 Å². The summed E-state index contributed by atoms with van der Waals surface area (Å²) in [5.41, 5.74) is 5.56. The highest BCUT2D eigenvalue weighted by Gasteiger charge is 2.12. The summed E-state index contributed by atoms with van der Waals surface area (Å²) >= 11 is 0. The molecule has 2 aromatic carbocycles. The number of imidazole rings is 1. The van der Waals surface area contributed by atoms with Gasteiger partial charge >= 0.3 is 0 Å². The first-order chi connectivity index (χ1) is 13.2. The molecule has 136 valence electrons. The van der Waals surface area contributed by atoms with E-state index < -0.39 is 0 Å². The third kappa shape index (κ3) is 3.33. The number of nitrogens with one attached hydrogen (secondary N) is 1. The molecule has 0 saturated heterocycles. The number of aryl methyl sites for hydroxylation is 2. The third-order valence-corrected chi connectivity index (χ3v) is 4.56. The summed E-state index contributed by atoms with van der Waals surface area (Å²) in [6.45, 7) is 5.01. The molecule has 0 unspecified atom stereocenters. The Hall–Kier alpha value is -3.41. The third-order valence-electron chi connectivity index (χ3n) is 4.56. The van der Waals surface area contributed by atoms with Crippen LogP contribution < -0.4 is 5.32 Å². The Morgan fingerprint density at radius 3 is 2.67 bits per heavy atom. The SMILES string of the molecule is CCn1nc(C)cc1C(=O)NCc1ccc(-n2cnc3ccccc32)cc1. The number of amides is 1. The molecule has 0 spiro atoms. The van der Waals surface area contributed by atoms with Gasteiger partial charge in [0.1, 0.15) is 12.0 Å². The van der Waals surface area contributed by atoms with Crippen molar-refractivity contribution in [2.45, 2.75) is 26.9 Å². The van der Waals surface area contributed by atoms with E-state index in [-0.39, 0.29) is 5.91 Å². The number of carbonyl (C=O) groups is 1. The standard InChI is InChI=1S/C21H21N5O/c1-3-26-20(12-15(2)24-26)21(27)22-13-16-8-10-17(11-9-16)25-14-23-18-6-4-5-7-19(18)25/h4-12,14H,3,13H2,1-2H3,(H,22,27). The largest absolute Gasteiger partial charge is 0.347 e. The topological polar surface area (TPSA) is 64.7 Å². The summed E-state index contributed by atoms with van der Waals surface area (Å²) in [4.78, 5) is 16.9. The van der Waals surface area contributed by atoms with Crippen LogP contribution in [0.1, 0.15) is 28.7 Å². The van der Waals surface area contributed by atoms with Gasteiger partial charge in [-0.05, 0) is 49.7 Å². The van der Waals surface area contributed by atoms with Gasteiger partial charge in [0.25, 0.3) is 5.91 Å². The molecule has 27 heavy (non-hydrogen) atoms. The first-order valence-corrected chi connectivity index (χ1v) is 9.00. The average Bonchev–Trinajstić information content (AvgIpc) is 3.30. The van der Waals surface area contributed by atoms with Gasteiger partial charge in [0.15, 0.2) is 0 Å². The number of fused-ring (bicyclic) bond motifs is 1. The van der Waals surface area contributed by atoms with Crippen molar-refractivity contribution >= 4 is 16.9 Å². The quantitative estimate of drug-likeness (QED) is 0.593. The number of rotatable bonds is 5. The minimum atomic E-state index is -0.109. The molecule has 0 aliphatic carbocycles. The highest BCUT2D eigenvalue weighted by Crippen LogP contribution is 2.18. The maximum absolute atomic E-state index is 12.4. The zero-order valence-corrected chi connectivity index (χ0v) is 15.4. The Morgan fingerprint density at radius 1 is 1.11 bits per heavy atom. The Labute approximate surface area is 157 Å². The number of hydrogen-bond donors (Lipinski definition) is 1. The van der Waals surface area contributed by atoms with Crippen molar-refractivity contribution in [1.82, 2.24) is 24.6 Å². The van der Waals surface area contributed by atoms with Gasteiger partial charge in [-0.2, -0.15) is 5.10 Å². The van der Waals surface area contributed by atoms with Crippen LogP contribution in [0.4, 0.5) is 0 Å². The van der Waals surface area contributed by atoms with E-state index in [1.54, 1.807) is 4.68 Å². The Kier molecular flexibility index (Phi) is 4.46. The molecule has 6 nitrogen and oxygen atoms in total. The first kappa shape index (κ1) is 17.0. The fourth-order valence-electron chi connectivity index (χ4n) is 3.18. The van der Waals surface area contributed by atoms with Gasteiger partial charge in [0.05, 0.1) is 16.7 Å². The Bertz CT molecular complexity index is 1090. The monoisotopic (exact) mass is 359 g/mol. The summed E-state index contributed by atoms with van der Waals surface area (Å²) in [6.07, 6.45) is 1.83. The van der Waals surface area contributed by atoms with Crippen molar-refractivity contribution in [3.05, 3.63) is 77.9 Å². The molecule has 0 aliphatic heterocycles. The normalized spacial score (nSPS) is 11.0. The van der Waals surface area contributed by atoms with E-state index in [4.69, 9.17) is 0 Å². The van der Waals surface area contributed by atoms with Gasteiger partial charge in [0, 0.05) is 18.8 Å². The van der Waals surface area contributed by atoms with E-state index in [1.807, 2.05) is 68.7 Å². The van der Waals surface area contributed by atoms with Crippen LogP contribution in [0.25, 0.3) is 16.7 Å². The molecule has 1 N–H and O–H groups in total. The van der Waals surface area contributed by atoms with Crippen LogP contribution in [0.3, 0.4) is 0 Å². The van der Waals surface area contributed by atoms with Crippen LogP contribution in [-0.4, -0.2) is 25.2 Å². The lowest BCUT2D eigenvalue weighted by Crippen LogP contribution is -2.25. The zero-order valence-electron chi connectivity index (χ0n) is 15.4. The number of hydrogen-bond acceptors (Lipinski definition) is 3. The van der Waals surface area contributed by atoms with E-state index in [2.05, 4.69) is 26.0 Å². The van der Waals surface area contributed by atoms with Gasteiger partial charge < -0.3 is 5.32 Å². The van der Waals surface area contributed by atoms with E-state index in [0.29, 0.717) is 18.8 Å². The highest BCUT2D eigenvalue weighted by atomic mass is 16.2. The van der Waals surface area contributed by atoms with Gasteiger partial charge in [-0.15, -0.1) is 0 Å². The Balaban J connectivity index is 1.47. The zero-order chi connectivity index (χ0) is 18.8. The molecule has 1 amide bonds. The van der Waals surface area contributed by atoms with Crippen LogP contribution >= 0.6 is 0 Å². The lowest BCUT2D eigenvalue weighted by molar-refractivity contribution is 0.0940. The van der Waals surface area contributed by atoms with E-state index in [0.717, 1.165) is 28.0 Å². The van der Waals surface area contributed by atoms with Crippen molar-refractivity contribution < 1.29 is 4.79 Å². The summed E-state index contributed by atoms with van der Waals surface area (Å²) in [5.74, 6) is -0.109. The second kappa shape index (κ2) is 7.07. The van der Waals surface area contributed by atoms with Crippen LogP contribution in [0, 0.1) is 6.92 Å². The number of para-hydroxylation sites is 2. The molecule has 4 rings (SSSR count). The van der Waals surface area contributed by atoms with E-state index in [1.165, 1.54) is 0 Å². The van der Waals surface area contributed by atoms with Crippen molar-refractivity contribution in [3.8, 4) is 5.69 Å². The van der Waals surface area contributed by atoms with Gasteiger partial charge in [-0.3, -0.25) is 14.0 Å². The molecule has 2 heterocycles. The second-order valence-electron chi connectivity index (χ2n) is 6.44. The summed E-state index contributed by atoms with van der Waals surface area (Å²) in [5, 5.41) is 7.29. The predicted molar refractivity (Wildman–Crippen MR) is 105 cm³/mol. The van der Waals surface area contributed by atoms with Crippen molar-refractivity contribution in [3.63, 3.8) is 0 Å². The van der Waals surface area contributed by atoms with Crippen LogP contribution in [0.2, 0.25) is 0 Å². The molecule has 2 aromatic heterocycles. The smallest absolute Gasteiger partial charge is 0.269 e. The fourth-order valence-corrected chi connectivity index (χ4v) is 3.18. The molecule has 0 bridgehead atoms. The van der Waals surface area contributed by atoms with Crippen molar-refractivity contribution in [2.75, 3.05) is 0 Å². The molecular formula is C21H21N5O. The van der Waals surface area contributed by atoms with Crippen LogP contribution in [0.5, 0.6) is 0 Å². The minimum absolute atomic E-state index is 0.109. The fraction of sp³-hybridized carbons (Fsp3) is 0.190. The molecule has 0 atom stereocenters. The van der Waals surface area contributed by atoms with Crippen LogP contribution in [0.15, 0.2) is 60.9 Å².